The summed E-state index contributed by atoms with van der Waals surface area (Å²) in [4.78, 5) is 37.9. The van der Waals surface area contributed by atoms with Crippen molar-refractivity contribution >= 4 is 23.2 Å². The van der Waals surface area contributed by atoms with Crippen molar-refractivity contribution < 1.29 is 9.18 Å². The molecule has 4 aromatic heterocycles. The number of halogens is 1. The molecule has 2 fully saturated rings. The van der Waals surface area contributed by atoms with Crippen molar-refractivity contribution in [2.45, 2.75) is 51.1 Å². The van der Waals surface area contributed by atoms with Crippen LogP contribution in [-0.4, -0.2) is 92.4 Å². The third kappa shape index (κ3) is 6.05. The number of rotatable bonds is 7. The number of fused-ring (bicyclic) bond motifs is 1. The van der Waals surface area contributed by atoms with Crippen molar-refractivity contribution in [3.05, 3.63) is 54.2 Å². The second-order valence-electron chi connectivity index (χ2n) is 11.8. The topological polar surface area (TPSA) is 119 Å². The summed E-state index contributed by atoms with van der Waals surface area (Å²) in [5, 5.41) is 12.6. The maximum absolute atomic E-state index is 14.3. The molecule has 2 aliphatic heterocycles. The highest BCUT2D eigenvalue weighted by molar-refractivity contribution is 5.78. The molecule has 6 rings (SSSR count). The van der Waals surface area contributed by atoms with E-state index in [2.05, 4.69) is 40.3 Å². The maximum Gasteiger partial charge on any atom is 0.236 e. The smallest absolute Gasteiger partial charge is 0.236 e. The van der Waals surface area contributed by atoms with Gasteiger partial charge in [-0.1, -0.05) is 0 Å². The van der Waals surface area contributed by atoms with Gasteiger partial charge in [-0.2, -0.15) is 5.26 Å². The van der Waals surface area contributed by atoms with Crippen LogP contribution in [0.2, 0.25) is 0 Å². The molecule has 0 bridgehead atoms. The van der Waals surface area contributed by atoms with Gasteiger partial charge in [-0.15, -0.1) is 0 Å². The summed E-state index contributed by atoms with van der Waals surface area (Å²) in [6, 6.07) is 9.51. The lowest BCUT2D eigenvalue weighted by Crippen LogP contribution is -2.45. The second kappa shape index (κ2) is 12.5. The largest absolute Gasteiger partial charge is 0.365 e. The molecule has 11 nitrogen and oxygen atoms in total. The molecule has 1 atom stereocenters. The van der Waals surface area contributed by atoms with Gasteiger partial charge < -0.3 is 20.0 Å². The standard InChI is InChI=1S/C32H37FN10O/c1-21-30(22-9-13-35-28(17-22)41-15-10-25(11-16-41)40(2)3)38-32(26-18-36-27-7-6-23(33)19-43(26)27)39-31(21)37-24-5-4-14-42(20-24)29(44)8-12-34/h6-7,9,13,17-19,24-25H,4-5,8,10-11,14-16,20H2,1-3H3,(H,37,38,39). The van der Waals surface area contributed by atoms with E-state index in [1.165, 1.54) is 12.3 Å². The number of hydrogen-bond acceptors (Lipinski definition) is 9. The van der Waals surface area contributed by atoms with Gasteiger partial charge in [0.05, 0.1) is 18.0 Å². The van der Waals surface area contributed by atoms with Crippen LogP contribution in [0.25, 0.3) is 28.4 Å². The summed E-state index contributed by atoms with van der Waals surface area (Å²) in [5.74, 6) is 1.41. The Labute approximate surface area is 256 Å². The molecule has 2 aliphatic rings. The van der Waals surface area contributed by atoms with Crippen LogP contribution < -0.4 is 10.2 Å². The molecular weight excluding hydrogens is 559 g/mol. The van der Waals surface area contributed by atoms with Gasteiger partial charge in [0.15, 0.2) is 5.82 Å². The molecule has 2 saturated heterocycles. The number of anilines is 2. The number of nitriles is 1. The van der Waals surface area contributed by atoms with Crippen molar-refractivity contribution in [2.75, 3.05) is 50.5 Å². The van der Waals surface area contributed by atoms with Crippen molar-refractivity contribution in [1.29, 1.82) is 5.26 Å². The monoisotopic (exact) mass is 596 g/mol. The van der Waals surface area contributed by atoms with E-state index in [9.17, 15) is 9.18 Å². The van der Waals surface area contributed by atoms with Crippen molar-refractivity contribution in [3.8, 4) is 28.8 Å². The van der Waals surface area contributed by atoms with Crippen LogP contribution in [0.1, 0.15) is 37.7 Å². The van der Waals surface area contributed by atoms with E-state index in [1.807, 2.05) is 25.3 Å². The van der Waals surface area contributed by atoms with E-state index in [0.29, 0.717) is 42.1 Å². The van der Waals surface area contributed by atoms with E-state index in [1.54, 1.807) is 21.6 Å². The van der Waals surface area contributed by atoms with Gasteiger partial charge in [0, 0.05) is 61.8 Å². The van der Waals surface area contributed by atoms with E-state index in [0.717, 1.165) is 61.4 Å². The average Bonchev–Trinajstić information content (AvgIpc) is 3.45. The van der Waals surface area contributed by atoms with Crippen molar-refractivity contribution in [3.63, 3.8) is 0 Å². The highest BCUT2D eigenvalue weighted by atomic mass is 19.1. The van der Waals surface area contributed by atoms with Crippen LogP contribution in [0.15, 0.2) is 42.9 Å². The third-order valence-corrected chi connectivity index (χ3v) is 8.73. The summed E-state index contributed by atoms with van der Waals surface area (Å²) in [6.07, 6.45) is 8.55. The molecule has 0 spiro atoms. The SMILES string of the molecule is Cc1c(NC2CCCN(C(=O)CC#N)C2)nc(-c2cnc3ccc(F)cn23)nc1-c1ccnc(N2CCC(N(C)C)CC2)c1. The first-order valence-corrected chi connectivity index (χ1v) is 15.1. The summed E-state index contributed by atoms with van der Waals surface area (Å²) < 4.78 is 15.9. The summed E-state index contributed by atoms with van der Waals surface area (Å²) in [7, 11) is 4.26. The Morgan fingerprint density at radius 3 is 2.73 bits per heavy atom. The lowest BCUT2D eigenvalue weighted by molar-refractivity contribution is -0.131. The van der Waals surface area contributed by atoms with Crippen LogP contribution in [0.4, 0.5) is 16.0 Å². The number of hydrogen-bond donors (Lipinski definition) is 1. The van der Waals surface area contributed by atoms with Crippen molar-refractivity contribution in [2.24, 2.45) is 0 Å². The molecule has 0 aliphatic carbocycles. The molecular formula is C32H37FN10O. The van der Waals surface area contributed by atoms with Crippen LogP contribution in [0.3, 0.4) is 0 Å². The summed E-state index contributed by atoms with van der Waals surface area (Å²) in [5.41, 5.74) is 3.66. The molecule has 1 unspecified atom stereocenters. The number of likely N-dealkylation sites (tertiary alicyclic amines) is 1. The van der Waals surface area contributed by atoms with Crippen molar-refractivity contribution in [1.82, 2.24) is 34.1 Å². The fourth-order valence-electron chi connectivity index (χ4n) is 6.22. The highest BCUT2D eigenvalue weighted by Crippen LogP contribution is 2.32. The molecule has 0 aromatic carbocycles. The second-order valence-corrected chi connectivity index (χ2v) is 11.8. The number of aromatic nitrogens is 5. The number of pyridine rings is 2. The van der Waals surface area contributed by atoms with E-state index < -0.39 is 0 Å². The number of imidazole rings is 1. The Morgan fingerprint density at radius 1 is 1.14 bits per heavy atom. The predicted molar refractivity (Wildman–Crippen MR) is 167 cm³/mol. The first kappa shape index (κ1) is 29.4. The Morgan fingerprint density at radius 2 is 1.95 bits per heavy atom. The first-order chi connectivity index (χ1) is 21.3. The van der Waals surface area contributed by atoms with Crippen LogP contribution in [-0.2, 0) is 4.79 Å². The molecule has 4 aromatic rings. The van der Waals surface area contributed by atoms with Gasteiger partial charge in [-0.05, 0) is 71.0 Å². The zero-order valence-corrected chi connectivity index (χ0v) is 25.4. The third-order valence-electron chi connectivity index (χ3n) is 8.73. The van der Waals surface area contributed by atoms with Crippen LogP contribution in [0, 0.1) is 24.1 Å². The van der Waals surface area contributed by atoms with Gasteiger partial charge in [0.2, 0.25) is 5.91 Å². The van der Waals surface area contributed by atoms with Gasteiger partial charge in [-0.25, -0.2) is 24.3 Å². The minimum atomic E-state index is -0.386. The molecule has 0 radical (unpaired) electrons. The fourth-order valence-corrected chi connectivity index (χ4v) is 6.22. The zero-order valence-electron chi connectivity index (χ0n) is 25.4. The molecule has 1 amide bonds. The molecule has 44 heavy (non-hydrogen) atoms. The lowest BCUT2D eigenvalue weighted by atomic mass is 10.0. The first-order valence-electron chi connectivity index (χ1n) is 15.1. The van der Waals surface area contributed by atoms with Gasteiger partial charge in [-0.3, -0.25) is 9.20 Å². The molecule has 228 valence electrons. The fraction of sp³-hybridized carbons (Fsp3) is 0.438. The normalized spacial score (nSPS) is 17.7. The minimum Gasteiger partial charge on any atom is -0.365 e. The molecule has 0 saturated carbocycles. The zero-order chi connectivity index (χ0) is 30.8. The van der Waals surface area contributed by atoms with E-state index >= 15 is 0 Å². The molecule has 1 N–H and O–H groups in total. The highest BCUT2D eigenvalue weighted by Gasteiger charge is 2.26. The number of piperidine rings is 2. The minimum absolute atomic E-state index is 0.0497. The Bertz CT molecular complexity index is 1710. The lowest BCUT2D eigenvalue weighted by Gasteiger charge is -2.36. The Balaban J connectivity index is 1.38. The quantitative estimate of drug-likeness (QED) is 0.336. The van der Waals surface area contributed by atoms with Gasteiger partial charge >= 0.3 is 0 Å². The number of carbonyl (C=O) groups excluding carboxylic acids is 1. The van der Waals surface area contributed by atoms with Gasteiger partial charge in [0.25, 0.3) is 0 Å². The van der Waals surface area contributed by atoms with Crippen LogP contribution >= 0.6 is 0 Å². The Hall–Kier alpha value is -4.63. The number of carbonyl (C=O) groups is 1. The average molecular weight is 597 g/mol. The predicted octanol–water partition coefficient (Wildman–Crippen LogP) is 4.15. The number of nitrogens with zero attached hydrogens (tertiary/aromatic N) is 9. The van der Waals surface area contributed by atoms with E-state index in [-0.39, 0.29) is 24.2 Å². The number of nitrogens with one attached hydrogen (secondary N) is 1. The Kier molecular flexibility index (Phi) is 8.39. The molecule has 12 heteroatoms. The maximum atomic E-state index is 14.3. The summed E-state index contributed by atoms with van der Waals surface area (Å²) in [6.45, 7) is 4.96. The number of amides is 1. The molecule has 6 heterocycles. The van der Waals surface area contributed by atoms with Gasteiger partial charge in [0.1, 0.15) is 35.2 Å². The van der Waals surface area contributed by atoms with E-state index in [4.69, 9.17) is 20.2 Å². The summed E-state index contributed by atoms with van der Waals surface area (Å²) >= 11 is 0. The van der Waals surface area contributed by atoms with Crippen LogP contribution in [0.5, 0.6) is 0 Å².